The van der Waals surface area contributed by atoms with E-state index in [0.717, 1.165) is 16.3 Å². The zero-order valence-electron chi connectivity index (χ0n) is 13.6. The van der Waals surface area contributed by atoms with Crippen molar-refractivity contribution in [2.75, 3.05) is 13.7 Å². The molecule has 0 amide bonds. The standard InChI is InChI=1S/C19H16ClNO3S/c1-23-19(22)14-4-8-17(9-5-14)24-11-10-16-12-25-18(21-16)13-2-6-15(20)7-3-13/h2-9,12H,10-11H2,1H3. The third kappa shape index (κ3) is 4.59. The van der Waals surface area contributed by atoms with Crippen LogP contribution in [0.1, 0.15) is 16.1 Å². The van der Waals surface area contributed by atoms with E-state index < -0.39 is 0 Å². The summed E-state index contributed by atoms with van der Waals surface area (Å²) in [5.41, 5.74) is 2.54. The van der Waals surface area contributed by atoms with Gasteiger partial charge < -0.3 is 9.47 Å². The Morgan fingerprint density at radius 1 is 1.12 bits per heavy atom. The Morgan fingerprint density at radius 2 is 1.84 bits per heavy atom. The number of methoxy groups -OCH3 is 1. The lowest BCUT2D eigenvalue weighted by atomic mass is 10.2. The van der Waals surface area contributed by atoms with E-state index in [1.54, 1.807) is 35.6 Å². The van der Waals surface area contributed by atoms with Crippen molar-refractivity contribution in [3.8, 4) is 16.3 Å². The smallest absolute Gasteiger partial charge is 0.337 e. The average Bonchev–Trinajstić information content (AvgIpc) is 3.11. The topological polar surface area (TPSA) is 48.4 Å². The first-order valence-electron chi connectivity index (χ1n) is 7.67. The van der Waals surface area contributed by atoms with Crippen molar-refractivity contribution < 1.29 is 14.3 Å². The zero-order valence-corrected chi connectivity index (χ0v) is 15.1. The predicted molar refractivity (Wildman–Crippen MR) is 99.5 cm³/mol. The highest BCUT2D eigenvalue weighted by Gasteiger charge is 2.07. The molecule has 0 radical (unpaired) electrons. The quantitative estimate of drug-likeness (QED) is 0.578. The van der Waals surface area contributed by atoms with Crippen molar-refractivity contribution in [1.29, 1.82) is 0 Å². The van der Waals surface area contributed by atoms with Crippen LogP contribution in [-0.4, -0.2) is 24.7 Å². The fraction of sp³-hybridized carbons (Fsp3) is 0.158. The van der Waals surface area contributed by atoms with Gasteiger partial charge in [0.15, 0.2) is 0 Å². The van der Waals surface area contributed by atoms with Gasteiger partial charge in [0.05, 0.1) is 25.0 Å². The van der Waals surface area contributed by atoms with Gasteiger partial charge in [0, 0.05) is 22.4 Å². The second kappa shape index (κ2) is 8.14. The molecule has 0 aliphatic rings. The van der Waals surface area contributed by atoms with Crippen LogP contribution < -0.4 is 4.74 Å². The Labute approximate surface area is 155 Å². The Hall–Kier alpha value is -2.37. The molecule has 128 valence electrons. The van der Waals surface area contributed by atoms with E-state index in [4.69, 9.17) is 16.3 Å². The van der Waals surface area contributed by atoms with Crippen LogP contribution in [0.3, 0.4) is 0 Å². The molecule has 0 spiro atoms. The number of halogens is 1. The first-order chi connectivity index (χ1) is 12.2. The van der Waals surface area contributed by atoms with Gasteiger partial charge in [-0.15, -0.1) is 11.3 Å². The number of thiazole rings is 1. The van der Waals surface area contributed by atoms with E-state index in [2.05, 4.69) is 9.72 Å². The van der Waals surface area contributed by atoms with Gasteiger partial charge in [-0.1, -0.05) is 23.7 Å². The molecule has 3 rings (SSSR count). The molecule has 6 heteroatoms. The summed E-state index contributed by atoms with van der Waals surface area (Å²) in [4.78, 5) is 16.0. The second-order valence-electron chi connectivity index (χ2n) is 5.27. The molecule has 0 N–H and O–H groups in total. The fourth-order valence-electron chi connectivity index (χ4n) is 2.23. The highest BCUT2D eigenvalue weighted by Crippen LogP contribution is 2.25. The minimum Gasteiger partial charge on any atom is -0.493 e. The van der Waals surface area contributed by atoms with Gasteiger partial charge >= 0.3 is 5.97 Å². The van der Waals surface area contributed by atoms with Gasteiger partial charge in [0.2, 0.25) is 0 Å². The first-order valence-corrected chi connectivity index (χ1v) is 8.93. The van der Waals surface area contributed by atoms with E-state index in [-0.39, 0.29) is 5.97 Å². The number of ether oxygens (including phenoxy) is 2. The largest absolute Gasteiger partial charge is 0.493 e. The van der Waals surface area contributed by atoms with Gasteiger partial charge in [-0.3, -0.25) is 0 Å². The normalized spacial score (nSPS) is 10.5. The third-order valence-corrected chi connectivity index (χ3v) is 4.74. The summed E-state index contributed by atoms with van der Waals surface area (Å²) >= 11 is 7.51. The molecule has 4 nitrogen and oxygen atoms in total. The predicted octanol–water partition coefficient (Wildman–Crippen LogP) is 4.87. The molecule has 0 aliphatic heterocycles. The van der Waals surface area contributed by atoms with Crippen LogP contribution in [-0.2, 0) is 11.2 Å². The second-order valence-corrected chi connectivity index (χ2v) is 6.56. The number of esters is 1. The number of rotatable bonds is 6. The maximum absolute atomic E-state index is 11.4. The highest BCUT2D eigenvalue weighted by atomic mass is 35.5. The minimum absolute atomic E-state index is 0.358. The maximum Gasteiger partial charge on any atom is 0.337 e. The monoisotopic (exact) mass is 373 g/mol. The van der Waals surface area contributed by atoms with E-state index in [1.165, 1.54) is 7.11 Å². The van der Waals surface area contributed by atoms with Crippen molar-refractivity contribution in [3.63, 3.8) is 0 Å². The van der Waals surface area contributed by atoms with Crippen LogP contribution in [0.2, 0.25) is 5.02 Å². The molecule has 1 heterocycles. The van der Waals surface area contributed by atoms with E-state index in [1.807, 2.05) is 29.6 Å². The number of benzene rings is 2. The molecule has 25 heavy (non-hydrogen) atoms. The summed E-state index contributed by atoms with van der Waals surface area (Å²) in [5.74, 6) is 0.351. The molecule has 0 saturated carbocycles. The fourth-order valence-corrected chi connectivity index (χ4v) is 3.21. The molecule has 0 bridgehead atoms. The first kappa shape index (κ1) is 17.5. The molecule has 0 unspecified atom stereocenters. The van der Waals surface area contributed by atoms with Gasteiger partial charge in [0.25, 0.3) is 0 Å². The lowest BCUT2D eigenvalue weighted by molar-refractivity contribution is 0.0600. The SMILES string of the molecule is COC(=O)c1ccc(OCCc2csc(-c3ccc(Cl)cc3)n2)cc1. The van der Waals surface area contributed by atoms with Crippen molar-refractivity contribution >= 4 is 28.9 Å². The number of nitrogens with zero attached hydrogens (tertiary/aromatic N) is 1. The van der Waals surface area contributed by atoms with Crippen LogP contribution in [0.4, 0.5) is 0 Å². The van der Waals surface area contributed by atoms with Gasteiger partial charge in [-0.25, -0.2) is 9.78 Å². The van der Waals surface area contributed by atoms with Gasteiger partial charge in [-0.2, -0.15) is 0 Å². The molecule has 1 aromatic heterocycles. The molecule has 0 fully saturated rings. The minimum atomic E-state index is -0.358. The maximum atomic E-state index is 11.4. The third-order valence-electron chi connectivity index (χ3n) is 3.55. The lowest BCUT2D eigenvalue weighted by Crippen LogP contribution is -2.03. The van der Waals surface area contributed by atoms with E-state index in [9.17, 15) is 4.79 Å². The number of aromatic nitrogens is 1. The molecule has 0 saturated heterocycles. The summed E-state index contributed by atoms with van der Waals surface area (Å²) in [6.45, 7) is 0.515. The molecule has 0 atom stereocenters. The van der Waals surface area contributed by atoms with Crippen molar-refractivity contribution in [2.45, 2.75) is 6.42 Å². The number of hydrogen-bond acceptors (Lipinski definition) is 5. The molecule has 2 aromatic carbocycles. The Balaban J connectivity index is 1.54. The lowest BCUT2D eigenvalue weighted by Gasteiger charge is -2.05. The zero-order chi connectivity index (χ0) is 17.6. The van der Waals surface area contributed by atoms with Crippen LogP contribution in [0.15, 0.2) is 53.9 Å². The number of carbonyl (C=O) groups is 1. The average molecular weight is 374 g/mol. The summed E-state index contributed by atoms with van der Waals surface area (Å²) in [5, 5.41) is 3.72. The Kier molecular flexibility index (Phi) is 5.68. The van der Waals surface area contributed by atoms with Crippen molar-refractivity contribution in [3.05, 3.63) is 70.2 Å². The molecule has 0 aliphatic carbocycles. The Bertz CT molecular complexity index is 844. The van der Waals surface area contributed by atoms with E-state index >= 15 is 0 Å². The highest BCUT2D eigenvalue weighted by molar-refractivity contribution is 7.13. The van der Waals surface area contributed by atoms with Crippen LogP contribution in [0.5, 0.6) is 5.75 Å². The summed E-state index contributed by atoms with van der Waals surface area (Å²) in [7, 11) is 1.36. The van der Waals surface area contributed by atoms with E-state index in [0.29, 0.717) is 29.4 Å². The summed E-state index contributed by atoms with van der Waals surface area (Å²) in [6, 6.07) is 14.5. The van der Waals surface area contributed by atoms with Crippen LogP contribution >= 0.6 is 22.9 Å². The molecular formula is C19H16ClNO3S. The molecular weight excluding hydrogens is 358 g/mol. The number of hydrogen-bond donors (Lipinski definition) is 0. The number of carbonyl (C=O) groups excluding carboxylic acids is 1. The summed E-state index contributed by atoms with van der Waals surface area (Å²) in [6.07, 6.45) is 0.711. The van der Waals surface area contributed by atoms with Crippen LogP contribution in [0.25, 0.3) is 10.6 Å². The van der Waals surface area contributed by atoms with Gasteiger partial charge in [0.1, 0.15) is 10.8 Å². The van der Waals surface area contributed by atoms with Crippen molar-refractivity contribution in [1.82, 2.24) is 4.98 Å². The van der Waals surface area contributed by atoms with Crippen LogP contribution in [0, 0.1) is 0 Å². The molecule has 3 aromatic rings. The Morgan fingerprint density at radius 3 is 2.52 bits per heavy atom. The van der Waals surface area contributed by atoms with Crippen molar-refractivity contribution in [2.24, 2.45) is 0 Å². The summed E-state index contributed by atoms with van der Waals surface area (Å²) < 4.78 is 10.4. The van der Waals surface area contributed by atoms with Gasteiger partial charge in [-0.05, 0) is 36.4 Å².